The summed E-state index contributed by atoms with van der Waals surface area (Å²) in [4.78, 5) is 23.9. The summed E-state index contributed by atoms with van der Waals surface area (Å²) >= 11 is 0. The van der Waals surface area contributed by atoms with Crippen LogP contribution < -0.4 is 10.6 Å². The summed E-state index contributed by atoms with van der Waals surface area (Å²) in [5, 5.41) is 14.5. The minimum atomic E-state index is -0.833. The first-order valence-electron chi connectivity index (χ1n) is 8.06. The van der Waals surface area contributed by atoms with E-state index in [1.54, 1.807) is 0 Å². The minimum absolute atomic E-state index is 0.113. The molecule has 0 aliphatic rings. The minimum Gasteiger partial charge on any atom is -0.394 e. The summed E-state index contributed by atoms with van der Waals surface area (Å²) in [5.74, 6) is -2.01. The van der Waals surface area contributed by atoms with Crippen LogP contribution in [0.15, 0.2) is 48.5 Å². The number of nitrogens with one attached hydrogen (secondary N) is 2. The summed E-state index contributed by atoms with van der Waals surface area (Å²) in [6.45, 7) is 1.83. The Bertz CT molecular complexity index is 714. The maximum absolute atomic E-state index is 12.8. The lowest BCUT2D eigenvalue weighted by atomic mass is 10.0. The Balaban J connectivity index is 1.91. The van der Waals surface area contributed by atoms with Crippen molar-refractivity contribution in [2.24, 2.45) is 0 Å². The third-order valence-electron chi connectivity index (χ3n) is 3.85. The van der Waals surface area contributed by atoms with E-state index in [0.717, 1.165) is 17.5 Å². The maximum Gasteiger partial charge on any atom is 0.309 e. The molecule has 25 heavy (non-hydrogen) atoms. The summed E-state index contributed by atoms with van der Waals surface area (Å²) in [6, 6.07) is 12.4. The summed E-state index contributed by atoms with van der Waals surface area (Å²) < 4.78 is 12.8. The number of benzene rings is 2. The molecule has 0 heterocycles. The first-order chi connectivity index (χ1) is 12.0. The second kappa shape index (κ2) is 8.94. The van der Waals surface area contributed by atoms with Crippen molar-refractivity contribution in [3.63, 3.8) is 0 Å². The van der Waals surface area contributed by atoms with Gasteiger partial charge in [0.2, 0.25) is 0 Å². The monoisotopic (exact) mass is 344 g/mol. The highest BCUT2D eigenvalue weighted by Crippen LogP contribution is 2.14. The van der Waals surface area contributed by atoms with Gasteiger partial charge in [0.1, 0.15) is 5.82 Å². The van der Waals surface area contributed by atoms with E-state index in [4.69, 9.17) is 0 Å². The number of hydrogen-bond donors (Lipinski definition) is 3. The number of halogens is 1. The van der Waals surface area contributed by atoms with Crippen LogP contribution >= 0.6 is 0 Å². The predicted molar refractivity (Wildman–Crippen MR) is 92.0 cm³/mol. The second-order valence-electron chi connectivity index (χ2n) is 5.61. The molecule has 0 aromatic heterocycles. The number of hydrogen-bond acceptors (Lipinski definition) is 3. The van der Waals surface area contributed by atoms with Crippen molar-refractivity contribution in [3.8, 4) is 0 Å². The summed E-state index contributed by atoms with van der Waals surface area (Å²) in [7, 11) is 0. The fraction of sp³-hybridized carbons (Fsp3) is 0.263. The van der Waals surface area contributed by atoms with Crippen LogP contribution in [0.5, 0.6) is 0 Å². The lowest BCUT2D eigenvalue weighted by molar-refractivity contribution is -0.139. The smallest absolute Gasteiger partial charge is 0.309 e. The van der Waals surface area contributed by atoms with Crippen LogP contribution in [0.4, 0.5) is 4.39 Å². The van der Waals surface area contributed by atoms with Gasteiger partial charge in [-0.3, -0.25) is 9.59 Å². The zero-order chi connectivity index (χ0) is 18.2. The number of carbonyl (C=O) groups excluding carboxylic acids is 2. The van der Waals surface area contributed by atoms with E-state index in [1.807, 2.05) is 31.2 Å². The Hall–Kier alpha value is -2.73. The third kappa shape index (κ3) is 5.39. The van der Waals surface area contributed by atoms with Gasteiger partial charge >= 0.3 is 11.8 Å². The highest BCUT2D eigenvalue weighted by molar-refractivity contribution is 6.35. The van der Waals surface area contributed by atoms with E-state index in [-0.39, 0.29) is 19.0 Å². The van der Waals surface area contributed by atoms with Crippen LogP contribution in [0.25, 0.3) is 0 Å². The normalized spacial score (nSPS) is 11.6. The average Bonchev–Trinajstić information content (AvgIpc) is 2.65. The molecule has 2 amide bonds. The summed E-state index contributed by atoms with van der Waals surface area (Å²) in [5.41, 5.74) is 2.54. The fourth-order valence-electron chi connectivity index (χ4n) is 2.31. The lowest BCUT2D eigenvalue weighted by Gasteiger charge is -2.17. The zero-order valence-corrected chi connectivity index (χ0v) is 14.0. The van der Waals surface area contributed by atoms with Crippen molar-refractivity contribution in [1.29, 1.82) is 0 Å². The van der Waals surface area contributed by atoms with Gasteiger partial charge in [0, 0.05) is 6.54 Å². The van der Waals surface area contributed by atoms with Crippen molar-refractivity contribution < 1.29 is 19.1 Å². The molecule has 0 radical (unpaired) electrons. The Labute approximate surface area is 145 Å². The van der Waals surface area contributed by atoms with Crippen molar-refractivity contribution in [2.75, 3.05) is 6.61 Å². The Morgan fingerprint density at radius 2 is 1.60 bits per heavy atom. The molecule has 0 fully saturated rings. The molecule has 2 rings (SSSR count). The van der Waals surface area contributed by atoms with E-state index < -0.39 is 17.9 Å². The molecule has 3 N–H and O–H groups in total. The van der Waals surface area contributed by atoms with E-state index in [2.05, 4.69) is 10.6 Å². The molecule has 0 saturated carbocycles. The largest absolute Gasteiger partial charge is 0.394 e. The molecule has 1 atom stereocenters. The van der Waals surface area contributed by atoms with Gasteiger partial charge in [-0.05, 0) is 35.2 Å². The van der Waals surface area contributed by atoms with E-state index in [0.29, 0.717) is 5.56 Å². The van der Waals surface area contributed by atoms with Crippen molar-refractivity contribution in [3.05, 3.63) is 71.0 Å². The van der Waals surface area contributed by atoms with E-state index >= 15 is 0 Å². The molecule has 6 heteroatoms. The molecule has 2 aromatic rings. The van der Waals surface area contributed by atoms with Gasteiger partial charge in [-0.15, -0.1) is 0 Å². The number of aryl methyl sites for hydroxylation is 1. The average molecular weight is 344 g/mol. The van der Waals surface area contributed by atoms with Gasteiger partial charge in [-0.25, -0.2) is 4.39 Å². The van der Waals surface area contributed by atoms with Crippen LogP contribution in [0.2, 0.25) is 0 Å². The molecular formula is C19H21FN2O3. The van der Waals surface area contributed by atoms with Crippen LogP contribution in [-0.4, -0.2) is 23.5 Å². The number of amides is 2. The SMILES string of the molecule is CCc1ccc(C(CO)NC(=O)C(=O)NCc2ccc(F)cc2)cc1. The van der Waals surface area contributed by atoms with Crippen LogP contribution in [0.1, 0.15) is 29.7 Å². The van der Waals surface area contributed by atoms with Gasteiger partial charge in [0.25, 0.3) is 0 Å². The first kappa shape index (κ1) is 18.6. The van der Waals surface area contributed by atoms with Crippen LogP contribution in [-0.2, 0) is 22.6 Å². The molecular weight excluding hydrogens is 323 g/mol. The van der Waals surface area contributed by atoms with Gasteiger partial charge in [-0.2, -0.15) is 0 Å². The number of aliphatic hydroxyl groups is 1. The lowest BCUT2D eigenvalue weighted by Crippen LogP contribution is -2.42. The van der Waals surface area contributed by atoms with Gasteiger partial charge in [-0.1, -0.05) is 43.3 Å². The van der Waals surface area contributed by atoms with Crippen LogP contribution in [0, 0.1) is 5.82 Å². The molecule has 0 bridgehead atoms. The summed E-state index contributed by atoms with van der Waals surface area (Å²) in [6.07, 6.45) is 0.891. The predicted octanol–water partition coefficient (Wildman–Crippen LogP) is 1.85. The standard InChI is InChI=1S/C19H21FN2O3/c1-2-13-3-7-15(8-4-13)17(12-23)22-19(25)18(24)21-11-14-5-9-16(20)10-6-14/h3-10,17,23H,2,11-12H2,1H3,(H,21,24)(H,22,25). The molecule has 5 nitrogen and oxygen atoms in total. The number of aliphatic hydroxyl groups excluding tert-OH is 1. The van der Waals surface area contributed by atoms with Crippen molar-refractivity contribution >= 4 is 11.8 Å². The third-order valence-corrected chi connectivity index (χ3v) is 3.85. The zero-order valence-electron chi connectivity index (χ0n) is 14.0. The number of rotatable bonds is 6. The Kier molecular flexibility index (Phi) is 6.65. The molecule has 0 saturated heterocycles. The molecule has 132 valence electrons. The topological polar surface area (TPSA) is 78.4 Å². The first-order valence-corrected chi connectivity index (χ1v) is 8.06. The highest BCUT2D eigenvalue weighted by atomic mass is 19.1. The van der Waals surface area contributed by atoms with Crippen molar-refractivity contribution in [2.45, 2.75) is 25.9 Å². The molecule has 2 aromatic carbocycles. The number of carbonyl (C=O) groups is 2. The van der Waals surface area contributed by atoms with Gasteiger partial charge < -0.3 is 15.7 Å². The Morgan fingerprint density at radius 1 is 1.00 bits per heavy atom. The molecule has 1 unspecified atom stereocenters. The maximum atomic E-state index is 12.8. The molecule has 0 aliphatic carbocycles. The van der Waals surface area contributed by atoms with E-state index in [1.165, 1.54) is 24.3 Å². The Morgan fingerprint density at radius 3 is 2.16 bits per heavy atom. The van der Waals surface area contributed by atoms with Gasteiger partial charge in [0.15, 0.2) is 0 Å². The van der Waals surface area contributed by atoms with Crippen molar-refractivity contribution in [1.82, 2.24) is 10.6 Å². The second-order valence-corrected chi connectivity index (χ2v) is 5.61. The fourth-order valence-corrected chi connectivity index (χ4v) is 2.31. The highest BCUT2D eigenvalue weighted by Gasteiger charge is 2.19. The van der Waals surface area contributed by atoms with Crippen LogP contribution in [0.3, 0.4) is 0 Å². The quantitative estimate of drug-likeness (QED) is 0.700. The van der Waals surface area contributed by atoms with E-state index in [9.17, 15) is 19.1 Å². The van der Waals surface area contributed by atoms with Gasteiger partial charge in [0.05, 0.1) is 12.6 Å². The molecule has 0 spiro atoms. The molecule has 0 aliphatic heterocycles.